The van der Waals surface area contributed by atoms with E-state index in [2.05, 4.69) is 10.1 Å². The van der Waals surface area contributed by atoms with Crippen LogP contribution in [0.15, 0.2) is 24.7 Å². The summed E-state index contributed by atoms with van der Waals surface area (Å²) in [6.45, 7) is 2.60. The molecule has 0 aliphatic carbocycles. The van der Waals surface area contributed by atoms with Crippen LogP contribution in [0.2, 0.25) is 0 Å². The van der Waals surface area contributed by atoms with Gasteiger partial charge in [-0.15, -0.1) is 12.4 Å². The molecule has 0 bridgehead atoms. The van der Waals surface area contributed by atoms with Crippen LogP contribution < -0.4 is 5.73 Å². The molecule has 0 atom stereocenters. The highest BCUT2D eigenvalue weighted by atomic mass is 35.5. The Balaban J connectivity index is 0.00000200. The van der Waals surface area contributed by atoms with Gasteiger partial charge in [-0.3, -0.25) is 0 Å². The molecule has 0 aliphatic heterocycles. The summed E-state index contributed by atoms with van der Waals surface area (Å²) in [6.07, 6.45) is 8.20. The fourth-order valence-corrected chi connectivity index (χ4v) is 2.10. The summed E-state index contributed by atoms with van der Waals surface area (Å²) in [6, 6.07) is 0. The summed E-state index contributed by atoms with van der Waals surface area (Å²) in [5.41, 5.74) is 6.34. The lowest BCUT2D eigenvalue weighted by Gasteiger charge is -1.93. The van der Waals surface area contributed by atoms with E-state index in [1.54, 1.807) is 36.3 Å². The SMILES string of the molecule is CCOC(=O)/C=C/c1cnn(-c2ncc(CN)s2)c1.Cl. The Kier molecular flexibility index (Phi) is 6.37. The second-order valence-electron chi connectivity index (χ2n) is 3.62. The van der Waals surface area contributed by atoms with Gasteiger partial charge in [0, 0.05) is 35.5 Å². The Morgan fingerprint density at radius 2 is 2.35 bits per heavy atom. The average molecular weight is 315 g/mol. The molecule has 2 rings (SSSR count). The van der Waals surface area contributed by atoms with Gasteiger partial charge in [0.05, 0.1) is 12.8 Å². The zero-order valence-corrected chi connectivity index (χ0v) is 12.5. The van der Waals surface area contributed by atoms with Crippen molar-refractivity contribution < 1.29 is 9.53 Å². The van der Waals surface area contributed by atoms with Crippen molar-refractivity contribution in [1.29, 1.82) is 0 Å². The molecule has 0 spiro atoms. The quantitative estimate of drug-likeness (QED) is 0.672. The number of thiazole rings is 1. The molecule has 0 aliphatic rings. The van der Waals surface area contributed by atoms with E-state index in [1.807, 2.05) is 0 Å². The Labute approximate surface area is 126 Å². The molecule has 0 saturated carbocycles. The average Bonchev–Trinajstić information content (AvgIpc) is 3.05. The van der Waals surface area contributed by atoms with Crippen LogP contribution in [0.5, 0.6) is 0 Å². The number of nitrogens with two attached hydrogens (primary N) is 1. The molecule has 2 N–H and O–H groups in total. The van der Waals surface area contributed by atoms with Gasteiger partial charge in [0.15, 0.2) is 0 Å². The predicted molar refractivity (Wildman–Crippen MR) is 80.0 cm³/mol. The largest absolute Gasteiger partial charge is 0.463 e. The summed E-state index contributed by atoms with van der Waals surface area (Å²) < 4.78 is 6.44. The Hall–Kier alpha value is -1.70. The normalized spacial score (nSPS) is 10.5. The van der Waals surface area contributed by atoms with Crippen LogP contribution in [0.4, 0.5) is 0 Å². The first-order chi connectivity index (χ1) is 9.22. The summed E-state index contributed by atoms with van der Waals surface area (Å²) in [5, 5.41) is 4.92. The fourth-order valence-electron chi connectivity index (χ4n) is 1.38. The third kappa shape index (κ3) is 4.16. The van der Waals surface area contributed by atoms with Gasteiger partial charge in [0.2, 0.25) is 5.13 Å². The summed E-state index contributed by atoms with van der Waals surface area (Å²) in [7, 11) is 0. The van der Waals surface area contributed by atoms with Gasteiger partial charge in [0.1, 0.15) is 0 Å². The second-order valence-corrected chi connectivity index (χ2v) is 4.71. The minimum atomic E-state index is -0.366. The van der Waals surface area contributed by atoms with Crippen LogP contribution in [-0.4, -0.2) is 27.3 Å². The van der Waals surface area contributed by atoms with E-state index >= 15 is 0 Å². The van der Waals surface area contributed by atoms with Crippen LogP contribution >= 0.6 is 23.7 Å². The van der Waals surface area contributed by atoms with Gasteiger partial charge in [0.25, 0.3) is 0 Å². The first-order valence-electron chi connectivity index (χ1n) is 5.77. The highest BCUT2D eigenvalue weighted by molar-refractivity contribution is 7.14. The van der Waals surface area contributed by atoms with Crippen molar-refractivity contribution >= 4 is 35.8 Å². The molecule has 0 amide bonds. The first kappa shape index (κ1) is 16.4. The maximum absolute atomic E-state index is 11.2. The molecule has 108 valence electrons. The lowest BCUT2D eigenvalue weighted by Crippen LogP contribution is -1.98. The zero-order chi connectivity index (χ0) is 13.7. The van der Waals surface area contributed by atoms with Crippen LogP contribution in [0.3, 0.4) is 0 Å². The monoisotopic (exact) mass is 314 g/mol. The van der Waals surface area contributed by atoms with Gasteiger partial charge in [-0.1, -0.05) is 11.3 Å². The Bertz CT molecular complexity index is 594. The smallest absolute Gasteiger partial charge is 0.330 e. The van der Waals surface area contributed by atoms with Crippen molar-refractivity contribution in [2.45, 2.75) is 13.5 Å². The molecule has 0 unspecified atom stereocenters. The van der Waals surface area contributed by atoms with Gasteiger partial charge in [-0.05, 0) is 13.0 Å². The summed E-state index contributed by atoms with van der Waals surface area (Å²) in [5.74, 6) is -0.366. The standard InChI is InChI=1S/C12H14N4O2S.ClH/c1-2-18-11(17)4-3-9-6-15-16(8-9)12-14-7-10(5-13)19-12;/h3-4,6-8H,2,5,13H2,1H3;1H/b4-3+;. The van der Waals surface area contributed by atoms with Crippen molar-refractivity contribution in [2.24, 2.45) is 5.73 Å². The number of carbonyl (C=O) groups is 1. The van der Waals surface area contributed by atoms with E-state index in [0.29, 0.717) is 13.2 Å². The van der Waals surface area contributed by atoms with E-state index in [1.165, 1.54) is 17.4 Å². The molecular formula is C12H15ClN4O2S. The van der Waals surface area contributed by atoms with Gasteiger partial charge in [-0.2, -0.15) is 5.10 Å². The highest BCUT2D eigenvalue weighted by Gasteiger charge is 2.04. The zero-order valence-electron chi connectivity index (χ0n) is 10.9. The molecule has 20 heavy (non-hydrogen) atoms. The molecule has 2 aromatic rings. The third-order valence-electron chi connectivity index (χ3n) is 2.24. The number of ether oxygens (including phenoxy) is 1. The predicted octanol–water partition coefficient (Wildman–Crippen LogP) is 1.79. The van der Waals surface area contributed by atoms with Gasteiger partial charge in [-0.25, -0.2) is 14.5 Å². The second kappa shape index (κ2) is 7.78. The van der Waals surface area contributed by atoms with E-state index in [9.17, 15) is 4.79 Å². The molecule has 0 saturated heterocycles. The maximum Gasteiger partial charge on any atom is 0.330 e. The highest BCUT2D eigenvalue weighted by Crippen LogP contribution is 2.16. The van der Waals surface area contributed by atoms with E-state index < -0.39 is 0 Å². The molecule has 0 fully saturated rings. The van der Waals surface area contributed by atoms with E-state index in [0.717, 1.165) is 15.6 Å². The number of carbonyl (C=O) groups excluding carboxylic acids is 1. The third-order valence-corrected chi connectivity index (χ3v) is 3.25. The lowest BCUT2D eigenvalue weighted by atomic mass is 10.3. The molecule has 2 aromatic heterocycles. The number of hydrogen-bond acceptors (Lipinski definition) is 6. The maximum atomic E-state index is 11.2. The van der Waals surface area contributed by atoms with Crippen molar-refractivity contribution in [3.8, 4) is 5.13 Å². The number of esters is 1. The number of nitrogens with zero attached hydrogens (tertiary/aromatic N) is 3. The lowest BCUT2D eigenvalue weighted by molar-refractivity contribution is -0.137. The number of aromatic nitrogens is 3. The molecule has 2 heterocycles. The van der Waals surface area contributed by atoms with Gasteiger partial charge >= 0.3 is 5.97 Å². The molecule has 8 heteroatoms. The molecular weight excluding hydrogens is 300 g/mol. The summed E-state index contributed by atoms with van der Waals surface area (Å²) in [4.78, 5) is 16.4. The fraction of sp³-hybridized carbons (Fsp3) is 0.250. The van der Waals surface area contributed by atoms with Crippen molar-refractivity contribution in [3.05, 3.63) is 35.1 Å². The molecule has 0 radical (unpaired) electrons. The molecule has 6 nitrogen and oxygen atoms in total. The Morgan fingerprint density at radius 3 is 3.00 bits per heavy atom. The Morgan fingerprint density at radius 1 is 1.55 bits per heavy atom. The van der Waals surface area contributed by atoms with Crippen LogP contribution in [0, 0.1) is 0 Å². The van der Waals surface area contributed by atoms with E-state index in [-0.39, 0.29) is 18.4 Å². The van der Waals surface area contributed by atoms with Crippen molar-refractivity contribution in [2.75, 3.05) is 6.61 Å². The number of hydrogen-bond donors (Lipinski definition) is 1. The van der Waals surface area contributed by atoms with Crippen molar-refractivity contribution in [3.63, 3.8) is 0 Å². The number of halogens is 1. The van der Waals surface area contributed by atoms with Crippen LogP contribution in [-0.2, 0) is 16.1 Å². The van der Waals surface area contributed by atoms with Crippen molar-refractivity contribution in [1.82, 2.24) is 14.8 Å². The first-order valence-corrected chi connectivity index (χ1v) is 6.59. The summed E-state index contributed by atoms with van der Waals surface area (Å²) >= 11 is 1.48. The van der Waals surface area contributed by atoms with Crippen LogP contribution in [0.25, 0.3) is 11.2 Å². The number of rotatable bonds is 5. The van der Waals surface area contributed by atoms with Gasteiger partial charge < -0.3 is 10.5 Å². The minimum Gasteiger partial charge on any atom is -0.463 e. The minimum absolute atomic E-state index is 0. The van der Waals surface area contributed by atoms with E-state index in [4.69, 9.17) is 10.5 Å². The van der Waals surface area contributed by atoms with Crippen LogP contribution in [0.1, 0.15) is 17.4 Å². The topological polar surface area (TPSA) is 83.0 Å². The molecule has 0 aromatic carbocycles.